The Bertz CT molecular complexity index is 452. The molecule has 1 unspecified atom stereocenters. The van der Waals surface area contributed by atoms with Crippen molar-refractivity contribution in [1.29, 1.82) is 0 Å². The van der Waals surface area contributed by atoms with E-state index in [1.54, 1.807) is 24.3 Å². The van der Waals surface area contributed by atoms with E-state index < -0.39 is 12.0 Å². The summed E-state index contributed by atoms with van der Waals surface area (Å²) >= 11 is 0. The molecule has 3 N–H and O–H groups in total. The SMILES string of the molecule is CC(C)(C)NC(=O)CCNC(C(=O)O)c1ccccc1. The molecule has 1 aromatic rings. The number of carbonyl (C=O) groups is 2. The van der Waals surface area contributed by atoms with Gasteiger partial charge in [0.25, 0.3) is 0 Å². The van der Waals surface area contributed by atoms with Gasteiger partial charge in [0.15, 0.2) is 0 Å². The lowest BCUT2D eigenvalue weighted by molar-refractivity contribution is -0.139. The summed E-state index contributed by atoms with van der Waals surface area (Å²) < 4.78 is 0. The van der Waals surface area contributed by atoms with Crippen molar-refractivity contribution in [3.8, 4) is 0 Å². The Balaban J connectivity index is 2.49. The largest absolute Gasteiger partial charge is 0.480 e. The van der Waals surface area contributed by atoms with Gasteiger partial charge in [-0.1, -0.05) is 30.3 Å². The second kappa shape index (κ2) is 7.05. The first-order valence-electron chi connectivity index (χ1n) is 6.62. The maximum Gasteiger partial charge on any atom is 0.325 e. The van der Waals surface area contributed by atoms with E-state index in [0.29, 0.717) is 12.1 Å². The molecule has 0 heterocycles. The minimum absolute atomic E-state index is 0.0952. The third-order valence-corrected chi connectivity index (χ3v) is 2.59. The first kappa shape index (κ1) is 16.2. The van der Waals surface area contributed by atoms with Crippen molar-refractivity contribution >= 4 is 11.9 Å². The number of carboxylic acids is 1. The zero-order chi connectivity index (χ0) is 15.2. The summed E-state index contributed by atoms with van der Waals surface area (Å²) in [5.74, 6) is -1.05. The fraction of sp³-hybridized carbons (Fsp3) is 0.467. The van der Waals surface area contributed by atoms with Crippen molar-refractivity contribution in [2.45, 2.75) is 38.8 Å². The second-order valence-corrected chi connectivity index (χ2v) is 5.68. The molecule has 1 aromatic carbocycles. The van der Waals surface area contributed by atoms with Crippen molar-refractivity contribution in [1.82, 2.24) is 10.6 Å². The van der Waals surface area contributed by atoms with E-state index in [1.165, 1.54) is 0 Å². The molecule has 5 nitrogen and oxygen atoms in total. The summed E-state index contributed by atoms with van der Waals surface area (Å²) in [6, 6.07) is 8.12. The van der Waals surface area contributed by atoms with Crippen LogP contribution < -0.4 is 10.6 Å². The van der Waals surface area contributed by atoms with E-state index in [2.05, 4.69) is 10.6 Å². The van der Waals surface area contributed by atoms with Gasteiger partial charge in [0, 0.05) is 18.5 Å². The molecular formula is C15H22N2O3. The fourth-order valence-electron chi connectivity index (χ4n) is 1.80. The van der Waals surface area contributed by atoms with Gasteiger partial charge in [0.2, 0.25) is 5.91 Å². The predicted molar refractivity (Wildman–Crippen MR) is 77.3 cm³/mol. The van der Waals surface area contributed by atoms with Crippen LogP contribution in [0.3, 0.4) is 0 Å². The van der Waals surface area contributed by atoms with Gasteiger partial charge in [0.05, 0.1) is 0 Å². The molecule has 0 radical (unpaired) electrons. The molecule has 1 rings (SSSR count). The Morgan fingerprint density at radius 2 is 1.80 bits per heavy atom. The van der Waals surface area contributed by atoms with Gasteiger partial charge in [0.1, 0.15) is 6.04 Å². The first-order valence-corrected chi connectivity index (χ1v) is 6.62. The zero-order valence-corrected chi connectivity index (χ0v) is 12.1. The van der Waals surface area contributed by atoms with Crippen molar-refractivity contribution in [3.63, 3.8) is 0 Å². The Labute approximate surface area is 119 Å². The fourth-order valence-corrected chi connectivity index (χ4v) is 1.80. The number of carboxylic acid groups (broad SMARTS) is 1. The number of amides is 1. The number of hydrogen-bond acceptors (Lipinski definition) is 3. The molecule has 1 atom stereocenters. The van der Waals surface area contributed by atoms with Crippen LogP contribution in [0.4, 0.5) is 0 Å². The Morgan fingerprint density at radius 1 is 1.20 bits per heavy atom. The van der Waals surface area contributed by atoms with Gasteiger partial charge in [-0.05, 0) is 26.3 Å². The van der Waals surface area contributed by atoms with E-state index in [1.807, 2.05) is 26.8 Å². The van der Waals surface area contributed by atoms with Crippen molar-refractivity contribution in [2.75, 3.05) is 6.54 Å². The molecule has 0 aliphatic rings. The van der Waals surface area contributed by atoms with E-state index in [4.69, 9.17) is 0 Å². The van der Waals surface area contributed by atoms with Crippen LogP contribution >= 0.6 is 0 Å². The molecule has 0 aromatic heterocycles. The predicted octanol–water partition coefficient (Wildman–Crippen LogP) is 1.71. The Morgan fingerprint density at radius 3 is 2.30 bits per heavy atom. The molecule has 0 aliphatic heterocycles. The van der Waals surface area contributed by atoms with Gasteiger partial charge in [-0.3, -0.25) is 9.59 Å². The lowest BCUT2D eigenvalue weighted by atomic mass is 10.1. The number of nitrogens with one attached hydrogen (secondary N) is 2. The molecule has 0 bridgehead atoms. The quantitative estimate of drug-likeness (QED) is 0.740. The first-order chi connectivity index (χ1) is 9.29. The van der Waals surface area contributed by atoms with Crippen molar-refractivity contribution < 1.29 is 14.7 Å². The van der Waals surface area contributed by atoms with Crippen LogP contribution in [0.1, 0.15) is 38.8 Å². The average Bonchev–Trinajstić information content (AvgIpc) is 2.33. The minimum Gasteiger partial charge on any atom is -0.480 e. The summed E-state index contributed by atoms with van der Waals surface area (Å²) in [6.45, 7) is 6.03. The van der Waals surface area contributed by atoms with Gasteiger partial charge < -0.3 is 15.7 Å². The smallest absolute Gasteiger partial charge is 0.325 e. The van der Waals surface area contributed by atoms with Gasteiger partial charge >= 0.3 is 5.97 Å². The van der Waals surface area contributed by atoms with Crippen LogP contribution in [0.5, 0.6) is 0 Å². The molecule has 5 heteroatoms. The summed E-state index contributed by atoms with van der Waals surface area (Å²) in [5, 5.41) is 14.9. The highest BCUT2D eigenvalue weighted by atomic mass is 16.4. The van der Waals surface area contributed by atoms with Crippen LogP contribution in [-0.2, 0) is 9.59 Å². The monoisotopic (exact) mass is 278 g/mol. The van der Waals surface area contributed by atoms with Crippen molar-refractivity contribution in [2.24, 2.45) is 0 Å². The molecule has 0 spiro atoms. The molecule has 0 saturated heterocycles. The summed E-state index contributed by atoms with van der Waals surface area (Å²) in [7, 11) is 0. The number of rotatable bonds is 6. The number of hydrogen-bond donors (Lipinski definition) is 3. The number of carbonyl (C=O) groups excluding carboxylic acids is 1. The zero-order valence-electron chi connectivity index (χ0n) is 12.1. The minimum atomic E-state index is -0.951. The lowest BCUT2D eigenvalue weighted by Crippen LogP contribution is -2.42. The highest BCUT2D eigenvalue weighted by molar-refractivity contribution is 5.77. The normalized spacial score (nSPS) is 12.8. The van der Waals surface area contributed by atoms with Crippen molar-refractivity contribution in [3.05, 3.63) is 35.9 Å². The molecule has 0 aliphatic carbocycles. The van der Waals surface area contributed by atoms with E-state index in [0.717, 1.165) is 0 Å². The molecule has 0 fully saturated rings. The molecule has 110 valence electrons. The Kier molecular flexibility index (Phi) is 5.70. The van der Waals surface area contributed by atoms with Gasteiger partial charge in [-0.25, -0.2) is 0 Å². The molecule has 20 heavy (non-hydrogen) atoms. The average molecular weight is 278 g/mol. The maximum absolute atomic E-state index is 11.6. The topological polar surface area (TPSA) is 78.4 Å². The van der Waals surface area contributed by atoms with Gasteiger partial charge in [-0.2, -0.15) is 0 Å². The molecule has 1 amide bonds. The van der Waals surface area contributed by atoms with Gasteiger partial charge in [-0.15, -0.1) is 0 Å². The third kappa shape index (κ3) is 5.84. The van der Waals surface area contributed by atoms with Crippen LogP contribution in [0.2, 0.25) is 0 Å². The highest BCUT2D eigenvalue weighted by Gasteiger charge is 2.19. The van der Waals surface area contributed by atoms with E-state index >= 15 is 0 Å². The van der Waals surface area contributed by atoms with Crippen LogP contribution in [0, 0.1) is 0 Å². The maximum atomic E-state index is 11.6. The van der Waals surface area contributed by atoms with E-state index in [9.17, 15) is 14.7 Å². The second-order valence-electron chi connectivity index (χ2n) is 5.68. The summed E-state index contributed by atoms with van der Waals surface area (Å²) in [6.07, 6.45) is 0.244. The molecular weight excluding hydrogens is 256 g/mol. The summed E-state index contributed by atoms with van der Waals surface area (Å²) in [4.78, 5) is 22.9. The van der Waals surface area contributed by atoms with Crippen LogP contribution in [0.15, 0.2) is 30.3 Å². The van der Waals surface area contributed by atoms with Crippen LogP contribution in [0.25, 0.3) is 0 Å². The highest BCUT2D eigenvalue weighted by Crippen LogP contribution is 2.12. The lowest BCUT2D eigenvalue weighted by Gasteiger charge is -2.21. The number of benzene rings is 1. The molecule has 0 saturated carbocycles. The van der Waals surface area contributed by atoms with E-state index in [-0.39, 0.29) is 17.9 Å². The van der Waals surface area contributed by atoms with Crippen LogP contribution in [-0.4, -0.2) is 29.1 Å². The standard InChI is InChI=1S/C15H22N2O3/c1-15(2,3)17-12(18)9-10-16-13(14(19)20)11-7-5-4-6-8-11/h4-8,13,16H,9-10H2,1-3H3,(H,17,18)(H,19,20). The Hall–Kier alpha value is -1.88. The number of aliphatic carboxylic acids is 1. The summed E-state index contributed by atoms with van der Waals surface area (Å²) in [5.41, 5.74) is 0.402. The third-order valence-electron chi connectivity index (χ3n) is 2.59.